The van der Waals surface area contributed by atoms with Gasteiger partial charge in [0.25, 0.3) is 0 Å². The molecule has 1 aliphatic rings. The summed E-state index contributed by atoms with van der Waals surface area (Å²) in [4.78, 5) is 0. The van der Waals surface area contributed by atoms with Crippen molar-refractivity contribution < 1.29 is 5.11 Å². The van der Waals surface area contributed by atoms with Crippen molar-refractivity contribution in [3.8, 4) is 5.75 Å². The first-order chi connectivity index (χ1) is 7.18. The Morgan fingerprint density at radius 2 is 1.81 bits per heavy atom. The maximum Gasteiger partial charge on any atom is 0.116 e. The monoisotopic (exact) mass is 241 g/mol. The highest BCUT2D eigenvalue weighted by molar-refractivity contribution is 5.85. The molecule has 3 heteroatoms. The highest BCUT2D eigenvalue weighted by Crippen LogP contribution is 2.30. The third-order valence-corrected chi connectivity index (χ3v) is 3.24. The average molecular weight is 242 g/mol. The van der Waals surface area contributed by atoms with Gasteiger partial charge in [-0.1, -0.05) is 6.42 Å². The summed E-state index contributed by atoms with van der Waals surface area (Å²) in [5.41, 5.74) is 3.78. The summed E-state index contributed by atoms with van der Waals surface area (Å²) < 4.78 is 0. The van der Waals surface area contributed by atoms with E-state index >= 15 is 0 Å². The van der Waals surface area contributed by atoms with E-state index in [-0.39, 0.29) is 12.4 Å². The van der Waals surface area contributed by atoms with Gasteiger partial charge in [0.2, 0.25) is 0 Å². The maximum absolute atomic E-state index is 9.50. The lowest BCUT2D eigenvalue weighted by atomic mass is 9.90. The Balaban J connectivity index is 0.00000128. The van der Waals surface area contributed by atoms with Gasteiger partial charge in [-0.25, -0.2) is 0 Å². The van der Waals surface area contributed by atoms with Crippen LogP contribution in [0.4, 0.5) is 0 Å². The second-order valence-electron chi connectivity index (χ2n) is 4.50. The quantitative estimate of drug-likeness (QED) is 0.791. The predicted octanol–water partition coefficient (Wildman–Crippen LogP) is 3.25. The van der Waals surface area contributed by atoms with Crippen molar-refractivity contribution in [1.29, 1.82) is 0 Å². The van der Waals surface area contributed by atoms with Crippen LogP contribution in [0.25, 0.3) is 0 Å². The Morgan fingerprint density at radius 3 is 2.31 bits per heavy atom. The van der Waals surface area contributed by atoms with Gasteiger partial charge >= 0.3 is 0 Å². The van der Waals surface area contributed by atoms with Crippen LogP contribution in [0.5, 0.6) is 5.75 Å². The molecule has 0 aliphatic carbocycles. The van der Waals surface area contributed by atoms with Crippen LogP contribution in [-0.2, 0) is 0 Å². The zero-order valence-electron chi connectivity index (χ0n) is 9.92. The molecule has 1 saturated heterocycles. The Labute approximate surface area is 103 Å². The predicted molar refractivity (Wildman–Crippen MR) is 69.4 cm³/mol. The molecule has 0 amide bonds. The number of nitrogens with one attached hydrogen (secondary N) is 1. The molecule has 0 spiro atoms. The van der Waals surface area contributed by atoms with Crippen molar-refractivity contribution in [2.75, 3.05) is 6.54 Å². The fourth-order valence-corrected chi connectivity index (χ4v) is 2.60. The van der Waals surface area contributed by atoms with E-state index in [1.165, 1.54) is 36.0 Å². The second-order valence-corrected chi connectivity index (χ2v) is 4.50. The van der Waals surface area contributed by atoms with Crippen LogP contribution in [0.2, 0.25) is 0 Å². The third-order valence-electron chi connectivity index (χ3n) is 3.24. The molecule has 0 aromatic heterocycles. The fourth-order valence-electron chi connectivity index (χ4n) is 2.60. The van der Waals surface area contributed by atoms with E-state index in [4.69, 9.17) is 0 Å². The molecule has 0 unspecified atom stereocenters. The standard InChI is InChI=1S/C13H19NO.ClH/c1-9-7-11(15)8-10(2)13(9)12-5-3-4-6-14-12;/h7-8,12,14-15H,3-6H2,1-2H3;1H/t12-;/m0./s1. The summed E-state index contributed by atoms with van der Waals surface area (Å²) in [5, 5.41) is 13.1. The number of hydrogen-bond donors (Lipinski definition) is 2. The molecule has 2 nitrogen and oxygen atoms in total. The topological polar surface area (TPSA) is 32.3 Å². The number of piperidine rings is 1. The summed E-state index contributed by atoms with van der Waals surface area (Å²) in [7, 11) is 0. The molecule has 2 N–H and O–H groups in total. The lowest BCUT2D eigenvalue weighted by Crippen LogP contribution is -2.27. The van der Waals surface area contributed by atoms with Crippen molar-refractivity contribution in [3.63, 3.8) is 0 Å². The SMILES string of the molecule is Cc1cc(O)cc(C)c1[C@@H]1CCCCN1.Cl. The van der Waals surface area contributed by atoms with Gasteiger partial charge in [0.15, 0.2) is 0 Å². The molecule has 90 valence electrons. The smallest absolute Gasteiger partial charge is 0.116 e. The molecule has 1 atom stereocenters. The first-order valence-electron chi connectivity index (χ1n) is 5.72. The molecule has 1 aromatic rings. The highest BCUT2D eigenvalue weighted by Gasteiger charge is 2.18. The van der Waals surface area contributed by atoms with Crippen molar-refractivity contribution in [2.45, 2.75) is 39.2 Å². The minimum atomic E-state index is 0. The highest BCUT2D eigenvalue weighted by atomic mass is 35.5. The van der Waals surface area contributed by atoms with Crippen molar-refractivity contribution in [3.05, 3.63) is 28.8 Å². The second kappa shape index (κ2) is 5.55. The van der Waals surface area contributed by atoms with Crippen molar-refractivity contribution >= 4 is 12.4 Å². The zero-order chi connectivity index (χ0) is 10.8. The minimum Gasteiger partial charge on any atom is -0.508 e. The zero-order valence-corrected chi connectivity index (χ0v) is 10.7. The van der Waals surface area contributed by atoms with Gasteiger partial charge in [0.1, 0.15) is 5.75 Å². The summed E-state index contributed by atoms with van der Waals surface area (Å²) in [5.74, 6) is 0.379. The van der Waals surface area contributed by atoms with Crippen molar-refractivity contribution in [1.82, 2.24) is 5.32 Å². The number of aromatic hydroxyl groups is 1. The number of rotatable bonds is 1. The van der Waals surface area contributed by atoms with Gasteiger partial charge < -0.3 is 10.4 Å². The van der Waals surface area contributed by atoms with Gasteiger partial charge in [0, 0.05) is 6.04 Å². The molecular formula is C13H20ClNO. The molecule has 16 heavy (non-hydrogen) atoms. The lowest BCUT2D eigenvalue weighted by Gasteiger charge is -2.27. The van der Waals surface area contributed by atoms with E-state index in [2.05, 4.69) is 19.2 Å². The maximum atomic E-state index is 9.50. The number of halogens is 1. The Hall–Kier alpha value is -0.730. The van der Waals surface area contributed by atoms with Crippen LogP contribution in [0.1, 0.15) is 42.0 Å². The Kier molecular flexibility index (Phi) is 4.63. The van der Waals surface area contributed by atoms with Crippen LogP contribution < -0.4 is 5.32 Å². The largest absolute Gasteiger partial charge is 0.508 e. The first kappa shape index (κ1) is 13.3. The lowest BCUT2D eigenvalue weighted by molar-refractivity contribution is 0.408. The molecule has 0 saturated carbocycles. The van der Waals surface area contributed by atoms with E-state index < -0.39 is 0 Å². The number of benzene rings is 1. The van der Waals surface area contributed by atoms with Gasteiger partial charge in [-0.2, -0.15) is 0 Å². The van der Waals surface area contributed by atoms with Gasteiger partial charge in [0.05, 0.1) is 0 Å². The summed E-state index contributed by atoms with van der Waals surface area (Å²) in [6.07, 6.45) is 3.80. The van der Waals surface area contributed by atoms with E-state index in [0.29, 0.717) is 11.8 Å². The van der Waals surface area contributed by atoms with Gasteiger partial charge in [-0.3, -0.25) is 0 Å². The summed E-state index contributed by atoms with van der Waals surface area (Å²) in [6.45, 7) is 5.28. The summed E-state index contributed by atoms with van der Waals surface area (Å²) in [6, 6.07) is 4.20. The number of aryl methyl sites for hydroxylation is 2. The third kappa shape index (κ3) is 2.69. The molecule has 2 rings (SSSR count). The summed E-state index contributed by atoms with van der Waals surface area (Å²) >= 11 is 0. The van der Waals surface area contributed by atoms with Crippen LogP contribution in [0.3, 0.4) is 0 Å². The molecular weight excluding hydrogens is 222 g/mol. The number of phenolic OH excluding ortho intramolecular Hbond substituents is 1. The molecule has 1 aliphatic heterocycles. The molecule has 1 heterocycles. The fraction of sp³-hybridized carbons (Fsp3) is 0.538. The van der Waals surface area contributed by atoms with E-state index in [1.54, 1.807) is 0 Å². The van der Waals surface area contributed by atoms with Crippen LogP contribution in [0, 0.1) is 13.8 Å². The van der Waals surface area contributed by atoms with E-state index in [1.807, 2.05) is 12.1 Å². The molecule has 0 bridgehead atoms. The molecule has 1 fully saturated rings. The number of hydrogen-bond acceptors (Lipinski definition) is 2. The van der Waals surface area contributed by atoms with E-state index in [0.717, 1.165) is 6.54 Å². The van der Waals surface area contributed by atoms with E-state index in [9.17, 15) is 5.11 Å². The van der Waals surface area contributed by atoms with Crippen LogP contribution in [-0.4, -0.2) is 11.7 Å². The van der Waals surface area contributed by atoms with Crippen LogP contribution in [0.15, 0.2) is 12.1 Å². The normalized spacial score (nSPS) is 20.2. The molecule has 0 radical (unpaired) electrons. The van der Waals surface area contributed by atoms with Crippen LogP contribution >= 0.6 is 12.4 Å². The minimum absolute atomic E-state index is 0. The van der Waals surface area contributed by atoms with Crippen molar-refractivity contribution in [2.24, 2.45) is 0 Å². The average Bonchev–Trinajstić information content (AvgIpc) is 2.17. The molecule has 1 aromatic carbocycles. The Morgan fingerprint density at radius 1 is 1.19 bits per heavy atom. The van der Waals surface area contributed by atoms with Gasteiger partial charge in [-0.15, -0.1) is 12.4 Å². The van der Waals surface area contributed by atoms with Gasteiger partial charge in [-0.05, 0) is 62.1 Å². The first-order valence-corrected chi connectivity index (χ1v) is 5.72. The number of phenols is 1. The Bertz CT molecular complexity index is 336.